The minimum absolute atomic E-state index is 0.00164. The molecule has 0 bridgehead atoms. The lowest BCUT2D eigenvalue weighted by Gasteiger charge is -2.42. The van der Waals surface area contributed by atoms with Gasteiger partial charge in [0.1, 0.15) is 5.82 Å². The lowest BCUT2D eigenvalue weighted by Crippen LogP contribution is -2.64. The summed E-state index contributed by atoms with van der Waals surface area (Å²) < 4.78 is 85.0. The zero-order valence-corrected chi connectivity index (χ0v) is 22.3. The first-order valence-corrected chi connectivity index (χ1v) is 13.0. The van der Waals surface area contributed by atoms with Crippen molar-refractivity contribution in [3.8, 4) is 0 Å². The number of piperazine rings is 1. The SMILES string of the molecule is C[C@@H](COCCC(=O)N1CCN2c3ncc(C(F)(F)F)cc3C(=O)N(C)CC2C1)NC1CNNC(=O)C1C(F)(F)F. The number of amides is 3. The van der Waals surface area contributed by atoms with Crippen LogP contribution in [0.25, 0.3) is 0 Å². The molecule has 3 unspecified atom stereocenters. The van der Waals surface area contributed by atoms with E-state index in [4.69, 9.17) is 4.74 Å². The molecule has 2 saturated heterocycles. The van der Waals surface area contributed by atoms with Gasteiger partial charge < -0.3 is 24.8 Å². The molecule has 4 rings (SSSR count). The van der Waals surface area contributed by atoms with Crippen LogP contribution in [0.2, 0.25) is 0 Å². The van der Waals surface area contributed by atoms with Crippen LogP contribution >= 0.6 is 0 Å². The Morgan fingerprint density at radius 3 is 2.61 bits per heavy atom. The Labute approximate surface area is 231 Å². The number of rotatable bonds is 7. The summed E-state index contributed by atoms with van der Waals surface area (Å²) in [6.07, 6.45) is -8.67. The maximum atomic E-state index is 13.3. The number of halogens is 6. The zero-order chi connectivity index (χ0) is 30.1. The highest BCUT2D eigenvalue weighted by Crippen LogP contribution is 2.34. The average Bonchev–Trinajstić information content (AvgIpc) is 2.98. The Morgan fingerprint density at radius 1 is 1.20 bits per heavy atom. The second kappa shape index (κ2) is 12.0. The van der Waals surface area contributed by atoms with Gasteiger partial charge in [0, 0.05) is 58.1 Å². The summed E-state index contributed by atoms with van der Waals surface area (Å²) in [5.41, 5.74) is 3.25. The van der Waals surface area contributed by atoms with Gasteiger partial charge in [0.05, 0.1) is 36.8 Å². The van der Waals surface area contributed by atoms with Crippen LogP contribution in [0.1, 0.15) is 29.3 Å². The van der Waals surface area contributed by atoms with Gasteiger partial charge in [-0.2, -0.15) is 26.3 Å². The molecular weight excluding hydrogens is 564 g/mol. The van der Waals surface area contributed by atoms with Crippen molar-refractivity contribution in [1.29, 1.82) is 0 Å². The van der Waals surface area contributed by atoms with Crippen LogP contribution < -0.4 is 21.1 Å². The van der Waals surface area contributed by atoms with E-state index in [2.05, 4.69) is 15.7 Å². The summed E-state index contributed by atoms with van der Waals surface area (Å²) in [5.74, 6) is -4.07. The zero-order valence-electron chi connectivity index (χ0n) is 22.3. The Balaban J connectivity index is 1.28. The number of carbonyl (C=O) groups is 3. The summed E-state index contributed by atoms with van der Waals surface area (Å²) in [4.78, 5) is 46.0. The number of hydrogen-bond donors (Lipinski definition) is 3. The first-order valence-electron chi connectivity index (χ1n) is 13.0. The van der Waals surface area contributed by atoms with Crippen LogP contribution in [-0.2, 0) is 20.5 Å². The highest BCUT2D eigenvalue weighted by molar-refractivity contribution is 5.99. The van der Waals surface area contributed by atoms with Crippen LogP contribution in [0.4, 0.5) is 32.2 Å². The van der Waals surface area contributed by atoms with Gasteiger partial charge in [-0.1, -0.05) is 0 Å². The molecule has 0 spiro atoms. The van der Waals surface area contributed by atoms with Gasteiger partial charge in [0.2, 0.25) is 11.8 Å². The first kappa shape index (κ1) is 30.8. The summed E-state index contributed by atoms with van der Waals surface area (Å²) in [6.45, 7) is 2.38. The van der Waals surface area contributed by atoms with E-state index in [1.165, 1.54) is 11.9 Å². The number of aromatic nitrogens is 1. The molecule has 2 fully saturated rings. The summed E-state index contributed by atoms with van der Waals surface area (Å²) in [5, 5.41) is 2.75. The second-order valence-electron chi connectivity index (χ2n) is 10.4. The number of nitrogens with zero attached hydrogens (tertiary/aromatic N) is 4. The number of carbonyl (C=O) groups excluding carboxylic acids is 3. The molecule has 3 aliphatic rings. The number of likely N-dealkylation sites (N-methyl/N-ethyl adjacent to an activating group) is 1. The van der Waals surface area contributed by atoms with E-state index < -0.39 is 47.7 Å². The molecule has 0 radical (unpaired) electrons. The van der Waals surface area contributed by atoms with Gasteiger partial charge in [0.25, 0.3) is 5.91 Å². The van der Waals surface area contributed by atoms with Crippen molar-refractivity contribution in [2.24, 2.45) is 5.92 Å². The predicted molar refractivity (Wildman–Crippen MR) is 131 cm³/mol. The summed E-state index contributed by atoms with van der Waals surface area (Å²) >= 11 is 0. The topological polar surface area (TPSA) is 119 Å². The van der Waals surface area contributed by atoms with Gasteiger partial charge in [0.15, 0.2) is 5.92 Å². The monoisotopic (exact) mass is 595 g/mol. The number of fused-ring (bicyclic) bond motifs is 3. The molecule has 0 saturated carbocycles. The van der Waals surface area contributed by atoms with Gasteiger partial charge in [-0.25, -0.2) is 10.4 Å². The molecule has 3 aliphatic heterocycles. The number of hydrazine groups is 1. The summed E-state index contributed by atoms with van der Waals surface area (Å²) in [6, 6.07) is -1.32. The Kier molecular flexibility index (Phi) is 8.98. The molecule has 0 aromatic carbocycles. The second-order valence-corrected chi connectivity index (χ2v) is 10.4. The Bertz CT molecular complexity index is 1150. The number of ether oxygens (including phenoxy) is 1. The van der Waals surface area contributed by atoms with Crippen LogP contribution in [0.5, 0.6) is 0 Å². The maximum Gasteiger partial charge on any atom is 0.417 e. The minimum Gasteiger partial charge on any atom is -0.379 e. The molecule has 4 atom stereocenters. The van der Waals surface area contributed by atoms with Crippen molar-refractivity contribution in [3.63, 3.8) is 0 Å². The lowest BCUT2D eigenvalue weighted by molar-refractivity contribution is -0.193. The van der Waals surface area contributed by atoms with Gasteiger partial charge in [-0.3, -0.25) is 19.8 Å². The number of hydrogen-bond acceptors (Lipinski definition) is 8. The van der Waals surface area contributed by atoms with E-state index in [9.17, 15) is 40.7 Å². The molecule has 228 valence electrons. The van der Waals surface area contributed by atoms with E-state index >= 15 is 0 Å². The molecule has 41 heavy (non-hydrogen) atoms. The molecule has 1 aromatic heterocycles. The molecule has 3 amide bonds. The van der Waals surface area contributed by atoms with E-state index in [-0.39, 0.29) is 75.7 Å². The van der Waals surface area contributed by atoms with Gasteiger partial charge in [-0.05, 0) is 13.0 Å². The number of anilines is 1. The molecule has 3 N–H and O–H groups in total. The quantitative estimate of drug-likeness (QED) is 0.313. The maximum absolute atomic E-state index is 13.3. The molecule has 1 aromatic rings. The van der Waals surface area contributed by atoms with Crippen molar-refractivity contribution < 1.29 is 45.5 Å². The fourth-order valence-corrected chi connectivity index (χ4v) is 5.27. The van der Waals surface area contributed by atoms with Crippen LogP contribution in [0, 0.1) is 5.92 Å². The smallest absolute Gasteiger partial charge is 0.379 e. The van der Waals surface area contributed by atoms with Crippen LogP contribution in [0.15, 0.2) is 12.3 Å². The number of alkyl halides is 6. The first-order chi connectivity index (χ1) is 19.2. The molecule has 0 aliphatic carbocycles. The molecule has 4 heterocycles. The highest BCUT2D eigenvalue weighted by Gasteiger charge is 2.51. The third-order valence-electron chi connectivity index (χ3n) is 7.26. The van der Waals surface area contributed by atoms with Gasteiger partial charge >= 0.3 is 12.4 Å². The van der Waals surface area contributed by atoms with E-state index in [1.807, 2.05) is 5.43 Å². The highest BCUT2D eigenvalue weighted by atomic mass is 19.4. The van der Waals surface area contributed by atoms with E-state index in [0.717, 1.165) is 6.07 Å². The molecule has 17 heteroatoms. The number of nitrogens with one attached hydrogen (secondary N) is 3. The Hall–Kier alpha value is -3.18. The standard InChI is InChI=1S/C24H31F6N7O4/c1-13(33-17-9-32-34-21(39)19(17)24(28,29)30)12-41-6-3-18(38)36-4-5-37-15(11-36)10-35(2)22(40)16-7-14(23(25,26)27)8-31-20(16)37/h7-8,13,15,17,19,32-33H,3-6,9-12H2,1-2H3,(H,34,39)/t13-,15?,17?,19?/m0/s1. The van der Waals surface area contributed by atoms with Gasteiger partial charge in [-0.15, -0.1) is 0 Å². The molecule has 11 nitrogen and oxygen atoms in total. The van der Waals surface area contributed by atoms with E-state index in [0.29, 0.717) is 6.20 Å². The predicted octanol–water partition coefficient (Wildman–Crippen LogP) is 0.770. The van der Waals surface area contributed by atoms with Crippen molar-refractivity contribution in [2.75, 3.05) is 57.9 Å². The third-order valence-corrected chi connectivity index (χ3v) is 7.26. The lowest BCUT2D eigenvalue weighted by atomic mass is 9.96. The van der Waals surface area contributed by atoms with E-state index in [1.54, 1.807) is 16.7 Å². The van der Waals surface area contributed by atoms with Crippen molar-refractivity contribution in [3.05, 3.63) is 23.4 Å². The number of pyridine rings is 1. The molecular formula is C24H31F6N7O4. The van der Waals surface area contributed by atoms with Crippen molar-refractivity contribution in [1.82, 2.24) is 31.0 Å². The fourth-order valence-electron chi connectivity index (χ4n) is 5.27. The average molecular weight is 596 g/mol. The van der Waals surface area contributed by atoms with Crippen molar-refractivity contribution in [2.45, 2.75) is 43.8 Å². The van der Waals surface area contributed by atoms with Crippen LogP contribution in [-0.4, -0.2) is 110 Å². The third kappa shape index (κ3) is 7.01. The van der Waals surface area contributed by atoms with Crippen molar-refractivity contribution >= 4 is 23.5 Å². The largest absolute Gasteiger partial charge is 0.417 e. The normalized spacial score (nSPS) is 24.4. The minimum atomic E-state index is -4.72. The summed E-state index contributed by atoms with van der Waals surface area (Å²) in [7, 11) is 1.48. The fraction of sp³-hybridized carbons (Fsp3) is 0.667. The van der Waals surface area contributed by atoms with Crippen LogP contribution in [0.3, 0.4) is 0 Å². The Morgan fingerprint density at radius 2 is 1.93 bits per heavy atom.